The minimum Gasteiger partial charge on any atom is -0.269 e. The summed E-state index contributed by atoms with van der Waals surface area (Å²) >= 11 is 5.82. The Bertz CT molecular complexity index is 548. The van der Waals surface area contributed by atoms with Gasteiger partial charge >= 0.3 is 0 Å². The first-order chi connectivity index (χ1) is 7.22. The summed E-state index contributed by atoms with van der Waals surface area (Å²) in [7, 11) is 0. The summed E-state index contributed by atoms with van der Waals surface area (Å²) in [6.45, 7) is 2.04. The van der Waals surface area contributed by atoms with E-state index in [9.17, 15) is 4.79 Å². The minimum atomic E-state index is -0.00137. The van der Waals surface area contributed by atoms with Crippen LogP contribution in [0.3, 0.4) is 0 Å². The quantitative estimate of drug-likeness (QED) is 0.782. The monoisotopic (exact) mass is 222 g/mol. The van der Waals surface area contributed by atoms with Gasteiger partial charge in [-0.1, -0.05) is 24.9 Å². The van der Waals surface area contributed by atoms with Gasteiger partial charge in [0.1, 0.15) is 5.65 Å². The number of nitrogens with zero attached hydrogens (tertiary/aromatic N) is 2. The smallest absolute Gasteiger partial charge is 0.261 e. The number of pyridine rings is 1. The number of fused-ring (bicyclic) bond motifs is 1. The molecule has 2 heterocycles. The van der Waals surface area contributed by atoms with Crippen LogP contribution in [0, 0.1) is 0 Å². The van der Waals surface area contributed by atoms with Crippen LogP contribution in [0.1, 0.15) is 18.9 Å². The van der Waals surface area contributed by atoms with Crippen molar-refractivity contribution in [1.82, 2.24) is 9.38 Å². The lowest BCUT2D eigenvalue weighted by atomic mass is 10.2. The average molecular weight is 223 g/mol. The second-order valence-corrected chi connectivity index (χ2v) is 3.85. The van der Waals surface area contributed by atoms with Crippen molar-refractivity contribution >= 4 is 17.2 Å². The molecule has 4 heteroatoms. The lowest BCUT2D eigenvalue weighted by Crippen LogP contribution is -2.18. The van der Waals surface area contributed by atoms with Crippen molar-refractivity contribution in [3.05, 3.63) is 45.5 Å². The van der Waals surface area contributed by atoms with Crippen LogP contribution in [-0.2, 0) is 6.42 Å². The van der Waals surface area contributed by atoms with Gasteiger partial charge < -0.3 is 0 Å². The van der Waals surface area contributed by atoms with E-state index in [0.29, 0.717) is 10.7 Å². The van der Waals surface area contributed by atoms with E-state index in [1.807, 2.05) is 6.92 Å². The van der Waals surface area contributed by atoms with Crippen molar-refractivity contribution in [2.24, 2.45) is 0 Å². The standard InChI is InChI=1S/C11H11ClN2O/c1-2-3-8-7-13-10-6-9(12)4-5-14(10)11(8)15/h4-7H,2-3H2,1H3. The van der Waals surface area contributed by atoms with Crippen LogP contribution >= 0.6 is 11.6 Å². The highest BCUT2D eigenvalue weighted by Crippen LogP contribution is 2.09. The second kappa shape index (κ2) is 4.03. The number of aryl methyl sites for hydroxylation is 1. The highest BCUT2D eigenvalue weighted by molar-refractivity contribution is 6.30. The van der Waals surface area contributed by atoms with Crippen LogP contribution in [0.4, 0.5) is 0 Å². The van der Waals surface area contributed by atoms with Crippen molar-refractivity contribution < 1.29 is 0 Å². The Morgan fingerprint density at radius 3 is 3.07 bits per heavy atom. The summed E-state index contributed by atoms with van der Waals surface area (Å²) in [6.07, 6.45) is 5.00. The largest absolute Gasteiger partial charge is 0.269 e. The summed E-state index contributed by atoms with van der Waals surface area (Å²) < 4.78 is 1.52. The molecule has 2 rings (SSSR count). The van der Waals surface area contributed by atoms with Gasteiger partial charge in [0.25, 0.3) is 5.56 Å². The van der Waals surface area contributed by atoms with Crippen LogP contribution in [-0.4, -0.2) is 9.38 Å². The van der Waals surface area contributed by atoms with Gasteiger partial charge in [-0.2, -0.15) is 0 Å². The molecule has 0 amide bonds. The summed E-state index contributed by atoms with van der Waals surface area (Å²) in [5.74, 6) is 0. The fourth-order valence-corrected chi connectivity index (χ4v) is 1.68. The van der Waals surface area contributed by atoms with Crippen molar-refractivity contribution in [3.8, 4) is 0 Å². The Labute approximate surface area is 92.3 Å². The zero-order valence-corrected chi connectivity index (χ0v) is 9.16. The fourth-order valence-electron chi connectivity index (χ4n) is 1.53. The number of halogens is 1. The first kappa shape index (κ1) is 10.2. The van der Waals surface area contributed by atoms with Crippen molar-refractivity contribution in [3.63, 3.8) is 0 Å². The van der Waals surface area contributed by atoms with Gasteiger partial charge in [0.2, 0.25) is 0 Å². The lowest BCUT2D eigenvalue weighted by Gasteiger charge is -2.02. The predicted molar refractivity (Wildman–Crippen MR) is 60.5 cm³/mol. The van der Waals surface area contributed by atoms with Gasteiger partial charge in [-0.05, 0) is 12.5 Å². The molecule has 15 heavy (non-hydrogen) atoms. The maximum atomic E-state index is 11.9. The molecule has 0 atom stereocenters. The van der Waals surface area contributed by atoms with Gasteiger partial charge in [0.05, 0.1) is 0 Å². The Kier molecular flexibility index (Phi) is 2.73. The molecule has 0 N–H and O–H groups in total. The first-order valence-electron chi connectivity index (χ1n) is 4.88. The van der Waals surface area contributed by atoms with E-state index in [-0.39, 0.29) is 5.56 Å². The zero-order chi connectivity index (χ0) is 10.8. The summed E-state index contributed by atoms with van der Waals surface area (Å²) in [6, 6.07) is 3.37. The molecule has 0 spiro atoms. The molecule has 0 saturated heterocycles. The summed E-state index contributed by atoms with van der Waals surface area (Å²) in [5.41, 5.74) is 1.34. The Morgan fingerprint density at radius 2 is 2.33 bits per heavy atom. The molecular formula is C11H11ClN2O. The van der Waals surface area contributed by atoms with Crippen LogP contribution in [0.5, 0.6) is 0 Å². The van der Waals surface area contributed by atoms with E-state index >= 15 is 0 Å². The number of aromatic nitrogens is 2. The van der Waals surface area contributed by atoms with Crippen molar-refractivity contribution in [1.29, 1.82) is 0 Å². The molecule has 0 unspecified atom stereocenters. The Hall–Kier alpha value is -1.35. The molecule has 2 aromatic heterocycles. The molecule has 0 aromatic carbocycles. The molecule has 0 fully saturated rings. The van der Waals surface area contributed by atoms with E-state index in [1.165, 1.54) is 4.40 Å². The molecule has 2 aromatic rings. The van der Waals surface area contributed by atoms with Gasteiger partial charge in [0, 0.05) is 29.0 Å². The van der Waals surface area contributed by atoms with Gasteiger partial charge in [-0.25, -0.2) is 4.98 Å². The predicted octanol–water partition coefficient (Wildman–Crippen LogP) is 2.30. The van der Waals surface area contributed by atoms with Gasteiger partial charge in [-0.15, -0.1) is 0 Å². The fraction of sp³-hybridized carbons (Fsp3) is 0.273. The summed E-state index contributed by atoms with van der Waals surface area (Å²) in [5, 5.41) is 0.588. The third-order valence-electron chi connectivity index (χ3n) is 2.26. The third kappa shape index (κ3) is 1.88. The highest BCUT2D eigenvalue weighted by atomic mass is 35.5. The second-order valence-electron chi connectivity index (χ2n) is 3.41. The van der Waals surface area contributed by atoms with E-state index in [2.05, 4.69) is 4.98 Å². The topological polar surface area (TPSA) is 34.4 Å². The van der Waals surface area contributed by atoms with Crippen LogP contribution in [0.15, 0.2) is 29.3 Å². The van der Waals surface area contributed by atoms with E-state index in [4.69, 9.17) is 11.6 Å². The van der Waals surface area contributed by atoms with Crippen LogP contribution in [0.25, 0.3) is 5.65 Å². The van der Waals surface area contributed by atoms with Gasteiger partial charge in [-0.3, -0.25) is 9.20 Å². The Balaban J connectivity index is 2.69. The van der Waals surface area contributed by atoms with Crippen molar-refractivity contribution in [2.75, 3.05) is 0 Å². The minimum absolute atomic E-state index is 0.00137. The van der Waals surface area contributed by atoms with Crippen LogP contribution in [0.2, 0.25) is 5.02 Å². The molecule has 0 bridgehead atoms. The normalized spacial score (nSPS) is 10.8. The van der Waals surface area contributed by atoms with E-state index in [1.54, 1.807) is 24.5 Å². The highest BCUT2D eigenvalue weighted by Gasteiger charge is 2.03. The lowest BCUT2D eigenvalue weighted by molar-refractivity contribution is 0.874. The first-order valence-corrected chi connectivity index (χ1v) is 5.26. The van der Waals surface area contributed by atoms with Gasteiger partial charge in [0.15, 0.2) is 0 Å². The molecule has 0 aliphatic carbocycles. The maximum Gasteiger partial charge on any atom is 0.261 e. The summed E-state index contributed by atoms with van der Waals surface area (Å²) in [4.78, 5) is 16.1. The molecule has 0 aliphatic rings. The third-order valence-corrected chi connectivity index (χ3v) is 2.50. The number of hydrogen-bond donors (Lipinski definition) is 0. The van der Waals surface area contributed by atoms with Crippen LogP contribution < -0.4 is 5.56 Å². The molecular weight excluding hydrogens is 212 g/mol. The maximum absolute atomic E-state index is 11.9. The van der Waals surface area contributed by atoms with E-state index < -0.39 is 0 Å². The number of rotatable bonds is 2. The molecule has 3 nitrogen and oxygen atoms in total. The molecule has 0 aliphatic heterocycles. The van der Waals surface area contributed by atoms with Crippen molar-refractivity contribution in [2.45, 2.75) is 19.8 Å². The SMILES string of the molecule is CCCc1cnc2cc(Cl)ccn2c1=O. The zero-order valence-electron chi connectivity index (χ0n) is 8.40. The molecule has 0 saturated carbocycles. The Morgan fingerprint density at radius 1 is 1.53 bits per heavy atom. The molecule has 0 radical (unpaired) electrons. The average Bonchev–Trinajstić information content (AvgIpc) is 2.22. The number of hydrogen-bond acceptors (Lipinski definition) is 2. The molecule has 78 valence electrons. The van der Waals surface area contributed by atoms with E-state index in [0.717, 1.165) is 18.4 Å².